The summed E-state index contributed by atoms with van der Waals surface area (Å²) in [5.41, 5.74) is 0.695. The van der Waals surface area contributed by atoms with Crippen molar-refractivity contribution in [3.8, 4) is 0 Å². The standard InChI is InChI=1S/C14H19NO2/c1-11(13(16)17)14(9-5-6-10-15-14)12-7-3-2-4-8-12/h2-4,7-8,11,15H,5-6,9-10H2,1H3,(H,16,17). The van der Waals surface area contributed by atoms with E-state index in [4.69, 9.17) is 0 Å². The number of hydrogen-bond donors (Lipinski definition) is 2. The van der Waals surface area contributed by atoms with Gasteiger partial charge in [-0.3, -0.25) is 4.79 Å². The SMILES string of the molecule is CC(C(=O)O)C1(c2ccccc2)CCCCN1. The van der Waals surface area contributed by atoms with Crippen molar-refractivity contribution in [2.45, 2.75) is 31.7 Å². The summed E-state index contributed by atoms with van der Waals surface area (Å²) in [7, 11) is 0. The Balaban J connectivity index is 2.39. The van der Waals surface area contributed by atoms with Crippen LogP contribution in [0.1, 0.15) is 31.7 Å². The minimum atomic E-state index is -0.733. The van der Waals surface area contributed by atoms with Gasteiger partial charge in [0.05, 0.1) is 11.5 Å². The average molecular weight is 233 g/mol. The van der Waals surface area contributed by atoms with Gasteiger partial charge in [0.25, 0.3) is 0 Å². The van der Waals surface area contributed by atoms with Crippen molar-refractivity contribution in [2.24, 2.45) is 5.92 Å². The Labute approximate surface area is 102 Å². The normalized spacial score (nSPS) is 26.4. The van der Waals surface area contributed by atoms with E-state index in [0.29, 0.717) is 0 Å². The summed E-state index contributed by atoms with van der Waals surface area (Å²) in [6.45, 7) is 2.69. The third kappa shape index (κ3) is 2.20. The molecule has 1 aromatic carbocycles. The largest absolute Gasteiger partial charge is 0.481 e. The average Bonchev–Trinajstić information content (AvgIpc) is 2.39. The van der Waals surface area contributed by atoms with Crippen LogP contribution in [0.3, 0.4) is 0 Å². The van der Waals surface area contributed by atoms with Crippen LogP contribution in [0.25, 0.3) is 0 Å². The van der Waals surface area contributed by atoms with E-state index < -0.39 is 17.4 Å². The number of nitrogens with one attached hydrogen (secondary N) is 1. The Hall–Kier alpha value is -1.35. The van der Waals surface area contributed by atoms with Gasteiger partial charge < -0.3 is 10.4 Å². The highest BCUT2D eigenvalue weighted by atomic mass is 16.4. The van der Waals surface area contributed by atoms with E-state index in [1.54, 1.807) is 6.92 Å². The van der Waals surface area contributed by atoms with Crippen LogP contribution in [0.4, 0.5) is 0 Å². The molecular weight excluding hydrogens is 214 g/mol. The molecule has 3 heteroatoms. The molecular formula is C14H19NO2. The van der Waals surface area contributed by atoms with E-state index >= 15 is 0 Å². The second-order valence-corrected chi connectivity index (χ2v) is 4.78. The van der Waals surface area contributed by atoms with E-state index in [1.807, 2.05) is 30.3 Å². The van der Waals surface area contributed by atoms with E-state index in [1.165, 1.54) is 0 Å². The highest BCUT2D eigenvalue weighted by molar-refractivity contribution is 5.72. The zero-order valence-corrected chi connectivity index (χ0v) is 10.1. The third-order valence-corrected chi connectivity index (χ3v) is 3.84. The molecule has 2 unspecified atom stereocenters. The molecule has 2 N–H and O–H groups in total. The first-order valence-corrected chi connectivity index (χ1v) is 6.20. The number of hydrogen-bond acceptors (Lipinski definition) is 2. The lowest BCUT2D eigenvalue weighted by Crippen LogP contribution is -2.52. The molecule has 3 nitrogen and oxygen atoms in total. The van der Waals surface area contributed by atoms with Gasteiger partial charge in [0.15, 0.2) is 0 Å². The predicted molar refractivity (Wildman–Crippen MR) is 66.8 cm³/mol. The van der Waals surface area contributed by atoms with Crippen LogP contribution in [0, 0.1) is 5.92 Å². The summed E-state index contributed by atoms with van der Waals surface area (Å²) in [5, 5.41) is 12.8. The van der Waals surface area contributed by atoms with Crippen LogP contribution < -0.4 is 5.32 Å². The highest BCUT2D eigenvalue weighted by Gasteiger charge is 2.42. The zero-order chi connectivity index (χ0) is 12.3. The maximum absolute atomic E-state index is 11.3. The molecule has 0 amide bonds. The fourth-order valence-electron chi connectivity index (χ4n) is 2.74. The predicted octanol–water partition coefficient (Wildman–Crippen LogP) is 2.38. The lowest BCUT2D eigenvalue weighted by atomic mass is 9.73. The Morgan fingerprint density at radius 1 is 1.35 bits per heavy atom. The van der Waals surface area contributed by atoms with Gasteiger partial charge in [0.2, 0.25) is 0 Å². The summed E-state index contributed by atoms with van der Waals surface area (Å²) in [6, 6.07) is 9.96. The zero-order valence-electron chi connectivity index (χ0n) is 10.1. The Kier molecular flexibility index (Phi) is 3.48. The summed E-state index contributed by atoms with van der Waals surface area (Å²) >= 11 is 0. The van der Waals surface area contributed by atoms with Crippen molar-refractivity contribution < 1.29 is 9.90 Å². The van der Waals surface area contributed by atoms with Crippen LogP contribution in [0.15, 0.2) is 30.3 Å². The van der Waals surface area contributed by atoms with Crippen molar-refractivity contribution in [1.29, 1.82) is 0 Å². The van der Waals surface area contributed by atoms with Crippen molar-refractivity contribution in [2.75, 3.05) is 6.54 Å². The molecule has 1 saturated heterocycles. The molecule has 2 atom stereocenters. The Bertz CT molecular complexity index is 382. The number of piperidine rings is 1. The minimum Gasteiger partial charge on any atom is -0.481 e. The molecule has 17 heavy (non-hydrogen) atoms. The smallest absolute Gasteiger partial charge is 0.308 e. The summed E-state index contributed by atoms with van der Waals surface area (Å²) in [5.74, 6) is -1.14. The van der Waals surface area contributed by atoms with Crippen LogP contribution in [-0.4, -0.2) is 17.6 Å². The topological polar surface area (TPSA) is 49.3 Å². The fourth-order valence-corrected chi connectivity index (χ4v) is 2.74. The van der Waals surface area contributed by atoms with Crippen LogP contribution in [0.2, 0.25) is 0 Å². The number of carboxylic acids is 1. The monoisotopic (exact) mass is 233 g/mol. The molecule has 1 aliphatic heterocycles. The number of carbonyl (C=O) groups is 1. The van der Waals surface area contributed by atoms with E-state index in [-0.39, 0.29) is 0 Å². The minimum absolute atomic E-state index is 0.397. The number of carboxylic acid groups (broad SMARTS) is 1. The molecule has 1 heterocycles. The van der Waals surface area contributed by atoms with Gasteiger partial charge in [-0.25, -0.2) is 0 Å². The van der Waals surface area contributed by atoms with Crippen LogP contribution in [0.5, 0.6) is 0 Å². The molecule has 2 rings (SSSR count). The molecule has 0 aromatic heterocycles. The molecule has 1 aliphatic rings. The third-order valence-electron chi connectivity index (χ3n) is 3.84. The summed E-state index contributed by atoms with van der Waals surface area (Å²) in [4.78, 5) is 11.3. The lowest BCUT2D eigenvalue weighted by Gasteiger charge is -2.42. The van der Waals surface area contributed by atoms with Crippen molar-refractivity contribution >= 4 is 5.97 Å². The van der Waals surface area contributed by atoms with Gasteiger partial charge in [-0.15, -0.1) is 0 Å². The van der Waals surface area contributed by atoms with Gasteiger partial charge in [-0.2, -0.15) is 0 Å². The molecule has 1 fully saturated rings. The van der Waals surface area contributed by atoms with Gasteiger partial charge in [-0.05, 0) is 38.3 Å². The Morgan fingerprint density at radius 2 is 2.06 bits per heavy atom. The Morgan fingerprint density at radius 3 is 2.59 bits per heavy atom. The second-order valence-electron chi connectivity index (χ2n) is 4.78. The molecule has 0 saturated carbocycles. The lowest BCUT2D eigenvalue weighted by molar-refractivity contribution is -0.144. The van der Waals surface area contributed by atoms with Crippen molar-refractivity contribution in [3.05, 3.63) is 35.9 Å². The van der Waals surface area contributed by atoms with Gasteiger partial charge in [0.1, 0.15) is 0 Å². The molecule has 0 radical (unpaired) electrons. The molecule has 0 aliphatic carbocycles. The van der Waals surface area contributed by atoms with E-state index in [9.17, 15) is 9.90 Å². The van der Waals surface area contributed by atoms with Gasteiger partial charge in [0, 0.05) is 0 Å². The number of aliphatic carboxylic acids is 1. The van der Waals surface area contributed by atoms with Crippen LogP contribution in [-0.2, 0) is 10.3 Å². The highest BCUT2D eigenvalue weighted by Crippen LogP contribution is 2.37. The van der Waals surface area contributed by atoms with E-state index in [0.717, 1.165) is 31.4 Å². The molecule has 0 bridgehead atoms. The van der Waals surface area contributed by atoms with Crippen molar-refractivity contribution in [3.63, 3.8) is 0 Å². The number of benzene rings is 1. The number of rotatable bonds is 3. The maximum Gasteiger partial charge on any atom is 0.308 e. The fraction of sp³-hybridized carbons (Fsp3) is 0.500. The molecule has 1 aromatic rings. The van der Waals surface area contributed by atoms with Gasteiger partial charge in [-0.1, -0.05) is 30.3 Å². The molecule has 0 spiro atoms. The second kappa shape index (κ2) is 4.88. The van der Waals surface area contributed by atoms with Gasteiger partial charge >= 0.3 is 5.97 Å². The summed E-state index contributed by atoms with van der Waals surface area (Å²) in [6.07, 6.45) is 3.10. The summed E-state index contributed by atoms with van der Waals surface area (Å²) < 4.78 is 0. The first-order valence-electron chi connectivity index (χ1n) is 6.20. The van der Waals surface area contributed by atoms with Crippen molar-refractivity contribution in [1.82, 2.24) is 5.32 Å². The molecule has 92 valence electrons. The maximum atomic E-state index is 11.3. The first-order chi connectivity index (χ1) is 8.17. The van der Waals surface area contributed by atoms with E-state index in [2.05, 4.69) is 5.32 Å². The quantitative estimate of drug-likeness (QED) is 0.842. The van der Waals surface area contributed by atoms with Crippen LogP contribution >= 0.6 is 0 Å². The first kappa shape index (κ1) is 12.1.